The summed E-state index contributed by atoms with van der Waals surface area (Å²) in [6.45, 7) is 7.95. The van der Waals surface area contributed by atoms with Crippen LogP contribution in [0.3, 0.4) is 0 Å². The SMILES string of the molecule is CCCNC(=O)[C@H]1CCCCN1CCCCCC(=O)N(C)CCN1CCC(OC(=O)Nc2ccccc2-c2ccccc2)CC1. The fourth-order valence-electron chi connectivity index (χ4n) is 6.30. The molecule has 2 fully saturated rings. The molecule has 246 valence electrons. The number of anilines is 1. The van der Waals surface area contributed by atoms with E-state index in [1.54, 1.807) is 0 Å². The van der Waals surface area contributed by atoms with Gasteiger partial charge in [0.05, 0.1) is 11.7 Å². The summed E-state index contributed by atoms with van der Waals surface area (Å²) in [7, 11) is 1.89. The number of unbranched alkanes of at least 4 members (excludes halogenated alkanes) is 2. The summed E-state index contributed by atoms with van der Waals surface area (Å²) in [5.74, 6) is 0.367. The van der Waals surface area contributed by atoms with Crippen molar-refractivity contribution in [2.24, 2.45) is 0 Å². The number of carbonyl (C=O) groups is 3. The smallest absolute Gasteiger partial charge is 0.411 e. The number of para-hydroxylation sites is 1. The lowest BCUT2D eigenvalue weighted by atomic mass is 10.0. The summed E-state index contributed by atoms with van der Waals surface area (Å²) >= 11 is 0. The highest BCUT2D eigenvalue weighted by Crippen LogP contribution is 2.28. The van der Waals surface area contributed by atoms with E-state index in [0.29, 0.717) is 13.0 Å². The van der Waals surface area contributed by atoms with Crippen molar-refractivity contribution in [1.82, 2.24) is 20.0 Å². The topological polar surface area (TPSA) is 94.2 Å². The molecule has 0 saturated carbocycles. The Morgan fingerprint density at radius 1 is 0.889 bits per heavy atom. The highest BCUT2D eigenvalue weighted by molar-refractivity contribution is 5.91. The fourth-order valence-corrected chi connectivity index (χ4v) is 6.30. The Morgan fingerprint density at radius 2 is 1.64 bits per heavy atom. The highest BCUT2D eigenvalue weighted by Gasteiger charge is 2.28. The molecule has 2 aromatic rings. The molecule has 0 bridgehead atoms. The van der Waals surface area contributed by atoms with Crippen LogP contribution in [0.15, 0.2) is 54.6 Å². The number of nitrogens with zero attached hydrogens (tertiary/aromatic N) is 3. The minimum atomic E-state index is -0.421. The van der Waals surface area contributed by atoms with E-state index in [2.05, 4.69) is 27.4 Å². The van der Waals surface area contributed by atoms with E-state index in [1.165, 1.54) is 0 Å². The van der Waals surface area contributed by atoms with Crippen molar-refractivity contribution < 1.29 is 19.1 Å². The van der Waals surface area contributed by atoms with E-state index in [4.69, 9.17) is 4.74 Å². The van der Waals surface area contributed by atoms with Crippen LogP contribution >= 0.6 is 0 Å². The van der Waals surface area contributed by atoms with Crippen LogP contribution in [0.4, 0.5) is 10.5 Å². The molecule has 2 aliphatic rings. The molecule has 0 aromatic heterocycles. The van der Waals surface area contributed by atoms with Crippen LogP contribution in [0.1, 0.15) is 71.1 Å². The van der Waals surface area contributed by atoms with E-state index in [1.807, 2.05) is 66.5 Å². The molecule has 0 spiro atoms. The number of hydrogen-bond donors (Lipinski definition) is 2. The van der Waals surface area contributed by atoms with E-state index in [0.717, 1.165) is 114 Å². The first-order valence-corrected chi connectivity index (χ1v) is 17.0. The van der Waals surface area contributed by atoms with Crippen molar-refractivity contribution >= 4 is 23.6 Å². The van der Waals surface area contributed by atoms with E-state index >= 15 is 0 Å². The minimum absolute atomic E-state index is 0.00859. The van der Waals surface area contributed by atoms with Crippen LogP contribution < -0.4 is 10.6 Å². The van der Waals surface area contributed by atoms with E-state index in [-0.39, 0.29) is 24.0 Å². The minimum Gasteiger partial charge on any atom is -0.446 e. The number of nitrogens with one attached hydrogen (secondary N) is 2. The van der Waals surface area contributed by atoms with Crippen LogP contribution in [0, 0.1) is 0 Å². The van der Waals surface area contributed by atoms with Crippen molar-refractivity contribution in [3.63, 3.8) is 0 Å². The maximum Gasteiger partial charge on any atom is 0.411 e. The van der Waals surface area contributed by atoms with Gasteiger partial charge in [-0.3, -0.25) is 19.8 Å². The number of ether oxygens (including phenoxy) is 1. The van der Waals surface area contributed by atoms with Gasteiger partial charge in [0.1, 0.15) is 6.10 Å². The van der Waals surface area contributed by atoms with Crippen LogP contribution in [0.5, 0.6) is 0 Å². The predicted octanol–water partition coefficient (Wildman–Crippen LogP) is 5.77. The molecule has 0 radical (unpaired) electrons. The first-order chi connectivity index (χ1) is 21.9. The molecule has 1 atom stereocenters. The van der Waals surface area contributed by atoms with Gasteiger partial charge in [-0.15, -0.1) is 0 Å². The lowest BCUT2D eigenvalue weighted by Crippen LogP contribution is -2.49. The van der Waals surface area contributed by atoms with Gasteiger partial charge >= 0.3 is 6.09 Å². The first kappa shape index (κ1) is 34.4. The van der Waals surface area contributed by atoms with Crippen molar-refractivity contribution in [2.75, 3.05) is 58.2 Å². The number of rotatable bonds is 15. The zero-order chi connectivity index (χ0) is 31.9. The Morgan fingerprint density at radius 3 is 2.42 bits per heavy atom. The molecule has 45 heavy (non-hydrogen) atoms. The highest BCUT2D eigenvalue weighted by atomic mass is 16.6. The zero-order valence-electron chi connectivity index (χ0n) is 27.3. The van der Waals surface area contributed by atoms with Crippen molar-refractivity contribution in [3.8, 4) is 11.1 Å². The summed E-state index contributed by atoms with van der Waals surface area (Å²) < 4.78 is 5.77. The molecule has 2 heterocycles. The quantitative estimate of drug-likeness (QED) is 0.246. The molecule has 3 amide bonds. The average molecular weight is 620 g/mol. The second kappa shape index (κ2) is 18.5. The van der Waals surface area contributed by atoms with Crippen LogP contribution in [-0.2, 0) is 14.3 Å². The Hall–Kier alpha value is -3.43. The Kier molecular flexibility index (Phi) is 14.2. The third-order valence-corrected chi connectivity index (χ3v) is 9.04. The summed E-state index contributed by atoms with van der Waals surface area (Å²) in [6, 6.07) is 17.8. The third-order valence-electron chi connectivity index (χ3n) is 9.04. The molecule has 0 aliphatic carbocycles. The van der Waals surface area contributed by atoms with Crippen molar-refractivity contribution in [3.05, 3.63) is 54.6 Å². The Labute approximate surface area is 269 Å². The van der Waals surface area contributed by atoms with Gasteiger partial charge in [0.15, 0.2) is 0 Å². The Bertz CT molecular complexity index is 1200. The predicted molar refractivity (Wildman–Crippen MR) is 180 cm³/mol. The number of amides is 3. The summed E-state index contributed by atoms with van der Waals surface area (Å²) in [4.78, 5) is 44.5. The molecule has 2 aromatic carbocycles. The summed E-state index contributed by atoms with van der Waals surface area (Å²) in [5.41, 5.74) is 2.74. The second-order valence-corrected chi connectivity index (χ2v) is 12.4. The molecule has 4 rings (SSSR count). The van der Waals surface area contributed by atoms with Crippen LogP contribution in [0.25, 0.3) is 11.1 Å². The standard InChI is InChI=1S/C36H53N5O4/c1-3-22-37-35(43)33-18-11-13-24-41(33)23-12-5-8-19-34(42)39(2)27-28-40-25-20-30(21-26-40)45-36(44)38-32-17-10-9-16-31(32)29-14-6-4-7-15-29/h4,6-7,9-10,14-17,30,33H,3,5,8,11-13,18-28H2,1-2H3,(H,37,43)(H,38,44)/t33-/m1/s1. The van der Waals surface area contributed by atoms with Gasteiger partial charge < -0.3 is 19.9 Å². The lowest BCUT2D eigenvalue weighted by Gasteiger charge is -2.34. The molecule has 0 unspecified atom stereocenters. The summed E-state index contributed by atoms with van der Waals surface area (Å²) in [5, 5.41) is 6.00. The van der Waals surface area contributed by atoms with Gasteiger partial charge in [-0.05, 0) is 69.7 Å². The van der Waals surface area contributed by atoms with E-state index < -0.39 is 6.09 Å². The molecule has 2 saturated heterocycles. The second-order valence-electron chi connectivity index (χ2n) is 12.4. The maximum atomic E-state index is 12.7. The number of hydrogen-bond acceptors (Lipinski definition) is 6. The van der Waals surface area contributed by atoms with Gasteiger partial charge in [0.2, 0.25) is 11.8 Å². The monoisotopic (exact) mass is 619 g/mol. The van der Waals surface area contributed by atoms with Crippen LogP contribution in [-0.4, -0.2) is 97.6 Å². The fraction of sp³-hybridized carbons (Fsp3) is 0.583. The maximum absolute atomic E-state index is 12.7. The molecule has 9 nitrogen and oxygen atoms in total. The number of benzene rings is 2. The normalized spacial score (nSPS) is 17.9. The molecular formula is C36H53N5O4. The molecule has 2 N–H and O–H groups in total. The molecule has 2 aliphatic heterocycles. The van der Waals surface area contributed by atoms with Gasteiger partial charge in [0.25, 0.3) is 0 Å². The number of piperidine rings is 2. The number of likely N-dealkylation sites (N-methyl/N-ethyl adjacent to an activating group) is 1. The van der Waals surface area contributed by atoms with Gasteiger partial charge in [-0.2, -0.15) is 0 Å². The largest absolute Gasteiger partial charge is 0.446 e. The van der Waals surface area contributed by atoms with Gasteiger partial charge in [-0.25, -0.2) is 4.79 Å². The first-order valence-electron chi connectivity index (χ1n) is 17.0. The van der Waals surface area contributed by atoms with E-state index in [9.17, 15) is 14.4 Å². The zero-order valence-corrected chi connectivity index (χ0v) is 27.3. The van der Waals surface area contributed by atoms with Gasteiger partial charge in [0, 0.05) is 51.8 Å². The van der Waals surface area contributed by atoms with Gasteiger partial charge in [-0.1, -0.05) is 68.3 Å². The number of likely N-dealkylation sites (tertiary alicyclic amines) is 2. The average Bonchev–Trinajstić information content (AvgIpc) is 3.07. The third kappa shape index (κ3) is 11.2. The van der Waals surface area contributed by atoms with Crippen molar-refractivity contribution in [1.29, 1.82) is 0 Å². The summed E-state index contributed by atoms with van der Waals surface area (Å²) in [6.07, 6.45) is 8.67. The van der Waals surface area contributed by atoms with Crippen molar-refractivity contribution in [2.45, 2.75) is 83.3 Å². The lowest BCUT2D eigenvalue weighted by molar-refractivity contribution is -0.130. The molecular weight excluding hydrogens is 566 g/mol. The van der Waals surface area contributed by atoms with Crippen LogP contribution in [0.2, 0.25) is 0 Å². The number of carbonyl (C=O) groups excluding carboxylic acids is 3. The molecule has 9 heteroatoms. The Balaban J connectivity index is 1.08.